The largest absolute Gasteiger partial charge is 0.455 e. The molecule has 0 saturated carbocycles. The Bertz CT molecular complexity index is 3320. The lowest BCUT2D eigenvalue weighted by Gasteiger charge is -2.18. The number of fused-ring (bicyclic) bond motifs is 11. The highest BCUT2D eigenvalue weighted by atomic mass is 16.3. The van der Waals surface area contributed by atoms with Crippen molar-refractivity contribution in [2.45, 2.75) is 0 Å². The highest BCUT2D eigenvalue weighted by Gasteiger charge is 2.25. The van der Waals surface area contributed by atoms with E-state index in [4.69, 9.17) is 13.3 Å². The Morgan fingerprint density at radius 1 is 0.245 bits per heavy atom. The standard InChI is InChI=1S/C50H28O3/c1-3-20-37-35(18-1)45(30-14-11-13-29(27-30)31-22-12-23-39-32-15-5-8-24-42(32)51-48(31)39)36-19-2-4-21-38(36)46(37)47-49-40(33-16-6-9-25-43(33)52-49)28-41-34-17-7-10-26-44(34)53-50(41)47/h1-28H. The van der Waals surface area contributed by atoms with Gasteiger partial charge < -0.3 is 13.3 Å². The zero-order chi connectivity index (χ0) is 34.6. The van der Waals surface area contributed by atoms with Gasteiger partial charge in [-0.15, -0.1) is 0 Å². The molecule has 0 fully saturated rings. The highest BCUT2D eigenvalue weighted by Crippen LogP contribution is 2.51. The fourth-order valence-corrected chi connectivity index (χ4v) is 8.79. The van der Waals surface area contributed by atoms with E-state index in [1.54, 1.807) is 0 Å². The molecule has 3 heteroatoms. The molecule has 0 spiro atoms. The molecule has 0 bridgehead atoms. The Labute approximate surface area is 302 Å². The van der Waals surface area contributed by atoms with Gasteiger partial charge in [0.1, 0.15) is 33.5 Å². The van der Waals surface area contributed by atoms with Crippen LogP contribution in [0.5, 0.6) is 0 Å². The molecule has 9 aromatic carbocycles. The predicted octanol–water partition coefficient (Wildman–Crippen LogP) is 14.7. The molecule has 0 aliphatic heterocycles. The van der Waals surface area contributed by atoms with Crippen molar-refractivity contribution in [1.82, 2.24) is 0 Å². The van der Waals surface area contributed by atoms with Crippen molar-refractivity contribution in [2.24, 2.45) is 0 Å². The van der Waals surface area contributed by atoms with Gasteiger partial charge >= 0.3 is 0 Å². The molecule has 3 nitrogen and oxygen atoms in total. The van der Waals surface area contributed by atoms with Gasteiger partial charge in [0.15, 0.2) is 0 Å². The molecule has 12 rings (SSSR count). The monoisotopic (exact) mass is 676 g/mol. The summed E-state index contributed by atoms with van der Waals surface area (Å²) in [5.41, 5.74) is 11.8. The number of hydrogen-bond acceptors (Lipinski definition) is 3. The Morgan fingerprint density at radius 2 is 0.660 bits per heavy atom. The Kier molecular flexibility index (Phi) is 5.77. The van der Waals surface area contributed by atoms with Crippen LogP contribution >= 0.6 is 0 Å². The van der Waals surface area contributed by atoms with Crippen molar-refractivity contribution in [3.05, 3.63) is 170 Å². The molecule has 3 heterocycles. The molecule has 12 aromatic rings. The van der Waals surface area contributed by atoms with E-state index in [-0.39, 0.29) is 0 Å². The zero-order valence-electron chi connectivity index (χ0n) is 28.4. The van der Waals surface area contributed by atoms with Gasteiger partial charge in [-0.25, -0.2) is 0 Å². The lowest BCUT2D eigenvalue weighted by Crippen LogP contribution is -1.92. The van der Waals surface area contributed by atoms with E-state index in [1.807, 2.05) is 24.3 Å². The van der Waals surface area contributed by atoms with Crippen molar-refractivity contribution < 1.29 is 13.3 Å². The maximum Gasteiger partial charge on any atom is 0.147 e. The first-order chi connectivity index (χ1) is 26.3. The fraction of sp³-hybridized carbons (Fsp3) is 0. The number of rotatable bonds is 3. The van der Waals surface area contributed by atoms with Crippen molar-refractivity contribution in [3.63, 3.8) is 0 Å². The van der Waals surface area contributed by atoms with Crippen LogP contribution in [0.1, 0.15) is 0 Å². The summed E-state index contributed by atoms with van der Waals surface area (Å²) in [4.78, 5) is 0. The summed E-state index contributed by atoms with van der Waals surface area (Å²) in [7, 11) is 0. The van der Waals surface area contributed by atoms with Crippen molar-refractivity contribution in [3.8, 4) is 33.4 Å². The summed E-state index contributed by atoms with van der Waals surface area (Å²) in [5.74, 6) is 0. The first kappa shape index (κ1) is 28.6. The van der Waals surface area contributed by atoms with Gasteiger partial charge in [0.05, 0.1) is 5.56 Å². The summed E-state index contributed by atoms with van der Waals surface area (Å²) in [6, 6.07) is 60.0. The smallest absolute Gasteiger partial charge is 0.147 e. The van der Waals surface area contributed by atoms with Gasteiger partial charge in [-0.2, -0.15) is 0 Å². The summed E-state index contributed by atoms with van der Waals surface area (Å²) >= 11 is 0. The quantitative estimate of drug-likeness (QED) is 0.175. The van der Waals surface area contributed by atoms with Gasteiger partial charge in [0.25, 0.3) is 0 Å². The van der Waals surface area contributed by atoms with Gasteiger partial charge in [0, 0.05) is 43.4 Å². The Morgan fingerprint density at radius 3 is 1.23 bits per heavy atom. The van der Waals surface area contributed by atoms with Crippen LogP contribution in [0, 0.1) is 0 Å². The number of furan rings is 3. The molecule has 246 valence electrons. The van der Waals surface area contributed by atoms with Crippen LogP contribution in [0.4, 0.5) is 0 Å². The van der Waals surface area contributed by atoms with E-state index >= 15 is 0 Å². The van der Waals surface area contributed by atoms with E-state index in [9.17, 15) is 0 Å². The minimum absolute atomic E-state index is 0.835. The molecule has 0 aliphatic carbocycles. The second kappa shape index (κ2) is 10.7. The molecule has 0 unspecified atom stereocenters. The molecule has 3 aromatic heterocycles. The van der Waals surface area contributed by atoms with Crippen LogP contribution in [0.15, 0.2) is 183 Å². The van der Waals surface area contributed by atoms with Crippen LogP contribution in [0.2, 0.25) is 0 Å². The molecule has 0 radical (unpaired) electrons. The van der Waals surface area contributed by atoms with E-state index in [0.29, 0.717) is 0 Å². The Hall–Kier alpha value is -7.10. The lowest BCUT2D eigenvalue weighted by molar-refractivity contribution is 0.658. The van der Waals surface area contributed by atoms with Crippen molar-refractivity contribution >= 4 is 87.4 Å². The van der Waals surface area contributed by atoms with E-state index < -0.39 is 0 Å². The molecule has 0 saturated heterocycles. The maximum absolute atomic E-state index is 6.81. The maximum atomic E-state index is 6.81. The molecule has 0 amide bonds. The normalized spacial score (nSPS) is 12.2. The first-order valence-corrected chi connectivity index (χ1v) is 18.0. The molecule has 53 heavy (non-hydrogen) atoms. The fourth-order valence-electron chi connectivity index (χ4n) is 8.79. The second-order valence-electron chi connectivity index (χ2n) is 13.9. The predicted molar refractivity (Wildman–Crippen MR) is 220 cm³/mol. The van der Waals surface area contributed by atoms with Crippen LogP contribution < -0.4 is 0 Å². The molecular weight excluding hydrogens is 649 g/mol. The molecular formula is C50H28O3. The SMILES string of the molecule is c1cc(-c2c3ccccc3c(-c3c4oc5ccccc5c4cc4c3oc3ccccc34)c3ccccc23)cc(-c2cccc3c2oc2ccccc23)c1. The van der Waals surface area contributed by atoms with E-state index in [2.05, 4.69) is 146 Å². The first-order valence-electron chi connectivity index (χ1n) is 18.0. The molecule has 0 aliphatic rings. The van der Waals surface area contributed by atoms with Gasteiger partial charge in [0.2, 0.25) is 0 Å². The van der Waals surface area contributed by atoms with Crippen LogP contribution in [0.25, 0.3) is 121 Å². The van der Waals surface area contributed by atoms with Crippen LogP contribution in [-0.4, -0.2) is 0 Å². The third-order valence-electron chi connectivity index (χ3n) is 11.1. The van der Waals surface area contributed by atoms with Crippen molar-refractivity contribution in [1.29, 1.82) is 0 Å². The average molecular weight is 677 g/mol. The van der Waals surface area contributed by atoms with Crippen LogP contribution in [0.3, 0.4) is 0 Å². The summed E-state index contributed by atoms with van der Waals surface area (Å²) < 4.78 is 20.1. The summed E-state index contributed by atoms with van der Waals surface area (Å²) in [6.45, 7) is 0. The van der Waals surface area contributed by atoms with Crippen molar-refractivity contribution in [2.75, 3.05) is 0 Å². The zero-order valence-corrected chi connectivity index (χ0v) is 28.4. The molecule has 0 N–H and O–H groups in total. The minimum atomic E-state index is 0.835. The van der Waals surface area contributed by atoms with E-state index in [0.717, 1.165) is 115 Å². The second-order valence-corrected chi connectivity index (χ2v) is 13.9. The number of para-hydroxylation sites is 4. The van der Waals surface area contributed by atoms with Gasteiger partial charge in [-0.3, -0.25) is 0 Å². The molecule has 0 atom stereocenters. The van der Waals surface area contributed by atoms with Gasteiger partial charge in [-0.05, 0) is 68.6 Å². The lowest BCUT2D eigenvalue weighted by atomic mass is 9.84. The van der Waals surface area contributed by atoms with Crippen LogP contribution in [-0.2, 0) is 0 Å². The number of benzene rings is 9. The summed E-state index contributed by atoms with van der Waals surface area (Å²) in [5, 5.41) is 11.2. The number of hydrogen-bond donors (Lipinski definition) is 0. The third-order valence-corrected chi connectivity index (χ3v) is 11.1. The average Bonchev–Trinajstić information content (AvgIpc) is 3.91. The third kappa shape index (κ3) is 3.99. The Balaban J connectivity index is 1.19. The van der Waals surface area contributed by atoms with E-state index in [1.165, 1.54) is 5.56 Å². The highest BCUT2D eigenvalue weighted by molar-refractivity contribution is 6.29. The minimum Gasteiger partial charge on any atom is -0.455 e. The topological polar surface area (TPSA) is 39.4 Å². The van der Waals surface area contributed by atoms with Gasteiger partial charge in [-0.1, -0.05) is 140 Å². The summed E-state index contributed by atoms with van der Waals surface area (Å²) in [6.07, 6.45) is 0.